The maximum absolute atomic E-state index is 14.5. The highest BCUT2D eigenvalue weighted by Crippen LogP contribution is 2.44. The number of nitrogens with zero attached hydrogens (tertiary/aromatic N) is 4. The Kier molecular flexibility index (Phi) is 8.10. The SMILES string of the molecule is C=N/C(=N\c1c(C)nc(Nc2c(F)cc(F)cc2F)n1[C@H]1CC[C@@](C)(C(N)=O)CC1)N[C@@H]1CCC[C@H](O)C1. The second-order valence-electron chi connectivity index (χ2n) is 10.5. The highest BCUT2D eigenvalue weighted by molar-refractivity contribution is 5.86. The van der Waals surface area contributed by atoms with E-state index < -0.39 is 34.7 Å². The van der Waals surface area contributed by atoms with Gasteiger partial charge >= 0.3 is 0 Å². The van der Waals surface area contributed by atoms with Crippen molar-refractivity contribution in [3.8, 4) is 0 Å². The van der Waals surface area contributed by atoms with Crippen LogP contribution in [-0.4, -0.2) is 45.4 Å². The van der Waals surface area contributed by atoms with Gasteiger partial charge in [-0.3, -0.25) is 9.36 Å². The molecule has 2 saturated carbocycles. The number of primary amides is 1. The van der Waals surface area contributed by atoms with Crippen LogP contribution < -0.4 is 16.4 Å². The van der Waals surface area contributed by atoms with Gasteiger partial charge in [-0.2, -0.15) is 4.99 Å². The van der Waals surface area contributed by atoms with Crippen molar-refractivity contribution < 1.29 is 23.1 Å². The molecule has 1 amide bonds. The molecule has 5 N–H and O–H groups in total. The molecule has 4 rings (SSSR count). The summed E-state index contributed by atoms with van der Waals surface area (Å²) in [6.45, 7) is 7.16. The molecule has 2 aromatic rings. The van der Waals surface area contributed by atoms with Crippen LogP contribution in [0.1, 0.15) is 70.0 Å². The van der Waals surface area contributed by atoms with Crippen molar-refractivity contribution in [2.75, 3.05) is 5.32 Å². The number of aromatic nitrogens is 2. The molecule has 0 bridgehead atoms. The number of carbonyl (C=O) groups excluding carboxylic acids is 1. The number of anilines is 2. The maximum atomic E-state index is 14.5. The minimum Gasteiger partial charge on any atom is -0.393 e. The van der Waals surface area contributed by atoms with Gasteiger partial charge in [-0.05, 0) is 65.0 Å². The van der Waals surface area contributed by atoms with Crippen molar-refractivity contribution >= 4 is 36.0 Å². The summed E-state index contributed by atoms with van der Waals surface area (Å²) in [4.78, 5) is 25.2. The van der Waals surface area contributed by atoms with Crippen molar-refractivity contribution in [2.45, 2.75) is 83.4 Å². The van der Waals surface area contributed by atoms with Crippen LogP contribution in [0.2, 0.25) is 0 Å². The molecule has 1 aromatic heterocycles. The molecule has 1 heterocycles. The number of hydrogen-bond donors (Lipinski definition) is 4. The predicted molar refractivity (Wildman–Crippen MR) is 139 cm³/mol. The van der Waals surface area contributed by atoms with E-state index in [-0.39, 0.29) is 29.9 Å². The summed E-state index contributed by atoms with van der Waals surface area (Å²) in [7, 11) is 0. The van der Waals surface area contributed by atoms with Gasteiger partial charge in [0.25, 0.3) is 0 Å². The molecular weight excluding hydrogens is 499 g/mol. The molecule has 0 spiro atoms. The fourth-order valence-corrected chi connectivity index (χ4v) is 5.32. The number of aliphatic hydroxyl groups is 1. The Bertz CT molecular complexity index is 1210. The van der Waals surface area contributed by atoms with Gasteiger partial charge in [-0.25, -0.2) is 23.1 Å². The molecule has 1 aromatic carbocycles. The minimum absolute atomic E-state index is 0.0364. The fraction of sp³-hybridized carbons (Fsp3) is 0.538. The molecule has 2 atom stereocenters. The van der Waals surface area contributed by atoms with Crippen molar-refractivity contribution in [2.24, 2.45) is 21.1 Å². The summed E-state index contributed by atoms with van der Waals surface area (Å²) in [5.74, 6) is -2.86. The topological polar surface area (TPSA) is 130 Å². The third-order valence-corrected chi connectivity index (χ3v) is 7.66. The first-order valence-corrected chi connectivity index (χ1v) is 12.8. The lowest BCUT2D eigenvalue weighted by Gasteiger charge is -2.36. The normalized spacial score (nSPS) is 26.2. The van der Waals surface area contributed by atoms with Crippen LogP contribution in [0.5, 0.6) is 0 Å². The van der Waals surface area contributed by atoms with Crippen LogP contribution in [0.3, 0.4) is 0 Å². The first-order valence-electron chi connectivity index (χ1n) is 12.8. The van der Waals surface area contributed by atoms with Crippen molar-refractivity contribution in [1.82, 2.24) is 14.9 Å². The molecule has 2 aliphatic carbocycles. The lowest BCUT2D eigenvalue weighted by atomic mass is 9.73. The fourth-order valence-electron chi connectivity index (χ4n) is 5.32. The zero-order chi connectivity index (χ0) is 27.6. The number of halogens is 3. The van der Waals surface area contributed by atoms with Gasteiger partial charge in [0.05, 0.1) is 11.8 Å². The van der Waals surface area contributed by atoms with E-state index in [2.05, 4.69) is 32.3 Å². The first kappa shape index (κ1) is 27.6. The number of rotatable bonds is 6. The van der Waals surface area contributed by atoms with Gasteiger partial charge in [-0.1, -0.05) is 6.92 Å². The van der Waals surface area contributed by atoms with E-state index in [9.17, 15) is 23.1 Å². The van der Waals surface area contributed by atoms with Crippen LogP contribution in [0.15, 0.2) is 22.1 Å². The molecular formula is C26H34F3N7O2. The maximum Gasteiger partial charge on any atom is 0.224 e. The Labute approximate surface area is 219 Å². The van der Waals surface area contributed by atoms with E-state index in [1.165, 1.54) is 0 Å². The number of imidazole rings is 1. The van der Waals surface area contributed by atoms with Crippen LogP contribution in [-0.2, 0) is 4.79 Å². The number of nitrogens with one attached hydrogen (secondary N) is 2. The Hall–Kier alpha value is -3.41. The second-order valence-corrected chi connectivity index (χ2v) is 10.5. The molecule has 0 radical (unpaired) electrons. The average molecular weight is 534 g/mol. The van der Waals surface area contributed by atoms with E-state index in [0.717, 1.165) is 19.3 Å². The summed E-state index contributed by atoms with van der Waals surface area (Å²) < 4.78 is 44.3. The quantitative estimate of drug-likeness (QED) is 0.320. The predicted octanol–water partition coefficient (Wildman–Crippen LogP) is 4.54. The summed E-state index contributed by atoms with van der Waals surface area (Å²) >= 11 is 0. The smallest absolute Gasteiger partial charge is 0.224 e. The number of aliphatic imine (C=N–C) groups is 2. The molecule has 2 aliphatic rings. The number of hydrogen-bond acceptors (Lipinski definition) is 5. The second kappa shape index (κ2) is 11.1. The molecule has 2 fully saturated rings. The number of nitrogens with two attached hydrogens (primary N) is 1. The molecule has 206 valence electrons. The van der Waals surface area contributed by atoms with Gasteiger partial charge in [0.15, 0.2) is 17.5 Å². The highest BCUT2D eigenvalue weighted by atomic mass is 19.1. The Balaban J connectivity index is 1.73. The highest BCUT2D eigenvalue weighted by Gasteiger charge is 2.38. The zero-order valence-electron chi connectivity index (χ0n) is 21.6. The number of carbonyl (C=O) groups is 1. The van der Waals surface area contributed by atoms with Crippen LogP contribution in [0, 0.1) is 29.8 Å². The molecule has 12 heteroatoms. The van der Waals surface area contributed by atoms with E-state index in [0.29, 0.717) is 55.7 Å². The van der Waals surface area contributed by atoms with E-state index >= 15 is 0 Å². The van der Waals surface area contributed by atoms with E-state index in [1.807, 2.05) is 6.92 Å². The summed E-state index contributed by atoms with van der Waals surface area (Å²) in [5.41, 5.74) is 4.89. The summed E-state index contributed by atoms with van der Waals surface area (Å²) in [5, 5.41) is 16.0. The van der Waals surface area contributed by atoms with Gasteiger partial charge in [0.2, 0.25) is 17.8 Å². The first-order chi connectivity index (χ1) is 18.0. The Morgan fingerprint density at radius 2 is 1.87 bits per heavy atom. The summed E-state index contributed by atoms with van der Waals surface area (Å²) in [6.07, 6.45) is 4.70. The minimum atomic E-state index is -1.10. The molecule has 9 nitrogen and oxygen atoms in total. The van der Waals surface area contributed by atoms with Crippen LogP contribution in [0.4, 0.5) is 30.6 Å². The largest absolute Gasteiger partial charge is 0.393 e. The number of aliphatic hydroxyl groups excluding tert-OH is 1. The standard InChI is InChI=1S/C26H34F3N7O2/c1-14-22(35-24(31-3)33-16-5-4-6-18(37)13-16)36(17-7-9-26(2,10-8-17)23(30)38)25(32-14)34-21-19(28)11-15(27)12-20(21)29/h11-12,16-18,37H,3-10,13H2,1-2H3,(H2,30,38)(H,32,34)(H,33,35)/t16-,17-,18+,26+/m1/s1. The average Bonchev–Trinajstić information content (AvgIpc) is 3.15. The lowest BCUT2D eigenvalue weighted by molar-refractivity contribution is -0.128. The number of amides is 1. The van der Waals surface area contributed by atoms with Crippen molar-refractivity contribution in [3.05, 3.63) is 35.3 Å². The van der Waals surface area contributed by atoms with E-state index in [1.54, 1.807) is 11.5 Å². The monoisotopic (exact) mass is 533 g/mol. The molecule has 0 unspecified atom stereocenters. The van der Waals surface area contributed by atoms with E-state index in [4.69, 9.17) is 5.73 Å². The van der Waals surface area contributed by atoms with Gasteiger partial charge in [-0.15, -0.1) is 0 Å². The number of benzene rings is 1. The summed E-state index contributed by atoms with van der Waals surface area (Å²) in [6, 6.07) is 0.919. The molecule has 0 saturated heterocycles. The number of aryl methyl sites for hydroxylation is 1. The molecule has 0 aliphatic heterocycles. The third kappa shape index (κ3) is 5.85. The van der Waals surface area contributed by atoms with Gasteiger partial charge < -0.3 is 21.5 Å². The zero-order valence-corrected chi connectivity index (χ0v) is 21.6. The van der Waals surface area contributed by atoms with Gasteiger partial charge in [0.1, 0.15) is 11.5 Å². The number of guanidine groups is 1. The lowest BCUT2D eigenvalue weighted by Crippen LogP contribution is -2.39. The van der Waals surface area contributed by atoms with Gasteiger partial charge in [0, 0.05) is 29.6 Å². The van der Waals surface area contributed by atoms with Crippen molar-refractivity contribution in [1.29, 1.82) is 0 Å². The Morgan fingerprint density at radius 3 is 2.45 bits per heavy atom. The Morgan fingerprint density at radius 1 is 1.21 bits per heavy atom. The van der Waals surface area contributed by atoms with Crippen LogP contribution in [0.25, 0.3) is 0 Å². The van der Waals surface area contributed by atoms with Crippen molar-refractivity contribution in [3.63, 3.8) is 0 Å². The third-order valence-electron chi connectivity index (χ3n) is 7.66. The molecule has 38 heavy (non-hydrogen) atoms. The van der Waals surface area contributed by atoms with Crippen LogP contribution >= 0.6 is 0 Å².